The van der Waals surface area contributed by atoms with Crippen molar-refractivity contribution in [2.24, 2.45) is 0 Å². The van der Waals surface area contributed by atoms with E-state index in [1.165, 1.54) is 17.1 Å². The van der Waals surface area contributed by atoms with Gasteiger partial charge >= 0.3 is 0 Å². The number of amides is 1. The van der Waals surface area contributed by atoms with Gasteiger partial charge in [-0.15, -0.1) is 35.9 Å². The van der Waals surface area contributed by atoms with Gasteiger partial charge in [0.2, 0.25) is 0 Å². The summed E-state index contributed by atoms with van der Waals surface area (Å²) in [5, 5.41) is 3.37. The fourth-order valence-corrected chi connectivity index (χ4v) is 5.49. The lowest BCUT2D eigenvalue weighted by Crippen LogP contribution is -2.51. The first-order valence-corrected chi connectivity index (χ1v) is 9.19. The fourth-order valence-electron chi connectivity index (χ4n) is 2.63. The number of halogens is 1. The quantitative estimate of drug-likeness (QED) is 0.893. The second-order valence-corrected chi connectivity index (χ2v) is 8.03. The van der Waals surface area contributed by atoms with Crippen LogP contribution < -0.4 is 5.32 Å². The third-order valence-electron chi connectivity index (χ3n) is 3.71. The average molecular weight is 345 g/mol. The molecule has 0 radical (unpaired) electrons. The molecular weight excluding hydrogens is 324 g/mol. The highest BCUT2D eigenvalue weighted by Gasteiger charge is 2.22. The molecule has 3 rings (SSSR count). The van der Waals surface area contributed by atoms with Crippen molar-refractivity contribution in [1.29, 1.82) is 0 Å². The van der Waals surface area contributed by atoms with Gasteiger partial charge < -0.3 is 10.2 Å². The zero-order chi connectivity index (χ0) is 13.9. The molecule has 1 aromatic rings. The molecule has 2 fully saturated rings. The Kier molecular flexibility index (Phi) is 6.29. The molecule has 0 saturated carbocycles. The number of hydrogen-bond donors (Lipinski definition) is 1. The van der Waals surface area contributed by atoms with Crippen LogP contribution in [0, 0.1) is 0 Å². The van der Waals surface area contributed by atoms with Gasteiger partial charge in [-0.2, -0.15) is 0 Å². The van der Waals surface area contributed by atoms with E-state index in [4.69, 9.17) is 0 Å². The van der Waals surface area contributed by atoms with Crippen molar-refractivity contribution in [3.63, 3.8) is 0 Å². The number of carbonyl (C=O) groups excluding carboxylic acids is 1. The van der Waals surface area contributed by atoms with Crippen LogP contribution in [0.5, 0.6) is 0 Å². The summed E-state index contributed by atoms with van der Waals surface area (Å²) < 4.78 is 0.554. The predicted octanol–water partition coefficient (Wildman–Crippen LogP) is 3.02. The van der Waals surface area contributed by atoms with Crippen molar-refractivity contribution in [3.05, 3.63) is 35.4 Å². The van der Waals surface area contributed by atoms with Gasteiger partial charge in [0.25, 0.3) is 5.91 Å². The van der Waals surface area contributed by atoms with Crippen LogP contribution in [0.3, 0.4) is 0 Å². The summed E-state index contributed by atoms with van der Waals surface area (Å²) in [5.74, 6) is 2.63. The van der Waals surface area contributed by atoms with E-state index >= 15 is 0 Å². The van der Waals surface area contributed by atoms with E-state index in [0.717, 1.165) is 25.2 Å². The molecule has 1 atom stereocenters. The summed E-state index contributed by atoms with van der Waals surface area (Å²) in [6.45, 7) is 4.62. The number of thioether (sulfide) groups is 2. The predicted molar refractivity (Wildman–Crippen MR) is 94.7 cm³/mol. The number of piperazine rings is 1. The van der Waals surface area contributed by atoms with Crippen LogP contribution in [0.15, 0.2) is 24.3 Å². The topological polar surface area (TPSA) is 32.3 Å². The van der Waals surface area contributed by atoms with Crippen LogP contribution in [0.25, 0.3) is 0 Å². The first kappa shape index (κ1) is 17.0. The Morgan fingerprint density at radius 2 is 1.90 bits per heavy atom. The Labute approximate surface area is 141 Å². The van der Waals surface area contributed by atoms with Crippen LogP contribution >= 0.6 is 35.9 Å². The number of benzene rings is 1. The Balaban J connectivity index is 0.00000161. The monoisotopic (exact) mass is 344 g/mol. The molecule has 1 unspecified atom stereocenters. The Hall–Kier alpha value is -0.360. The minimum atomic E-state index is 0. The van der Waals surface area contributed by atoms with Crippen molar-refractivity contribution >= 4 is 41.8 Å². The van der Waals surface area contributed by atoms with Gasteiger partial charge in [0, 0.05) is 42.7 Å². The van der Waals surface area contributed by atoms with E-state index in [0.29, 0.717) is 10.6 Å². The summed E-state index contributed by atoms with van der Waals surface area (Å²) in [7, 11) is 0. The molecule has 116 valence electrons. The second-order valence-electron chi connectivity index (χ2n) is 5.30. The van der Waals surface area contributed by atoms with Crippen molar-refractivity contribution in [3.8, 4) is 0 Å². The Morgan fingerprint density at radius 1 is 1.24 bits per heavy atom. The van der Waals surface area contributed by atoms with Gasteiger partial charge in [0.15, 0.2) is 0 Å². The van der Waals surface area contributed by atoms with E-state index in [-0.39, 0.29) is 18.3 Å². The molecule has 3 nitrogen and oxygen atoms in total. The fraction of sp³-hybridized carbons (Fsp3) is 0.533. The molecule has 0 aromatic heterocycles. The molecule has 0 bridgehead atoms. The number of hydrogen-bond acceptors (Lipinski definition) is 4. The van der Waals surface area contributed by atoms with Crippen molar-refractivity contribution in [1.82, 2.24) is 10.2 Å². The zero-order valence-corrected chi connectivity index (χ0v) is 14.5. The maximum absolute atomic E-state index is 12.5. The standard InChI is InChI=1S/C15H20N2OS2.ClH/c1-11-10-17(7-6-16-11)14(18)12-2-4-13(5-3-12)15-19-8-9-20-15;/h2-5,11,15-16H,6-10H2,1H3;1H. The van der Waals surface area contributed by atoms with Crippen LogP contribution in [-0.2, 0) is 0 Å². The number of carbonyl (C=O) groups is 1. The van der Waals surface area contributed by atoms with E-state index in [2.05, 4.69) is 24.4 Å². The van der Waals surface area contributed by atoms with Gasteiger partial charge in [0.05, 0.1) is 4.58 Å². The van der Waals surface area contributed by atoms with Crippen LogP contribution in [0.2, 0.25) is 0 Å². The maximum Gasteiger partial charge on any atom is 0.253 e. The smallest absolute Gasteiger partial charge is 0.253 e. The summed E-state index contributed by atoms with van der Waals surface area (Å²) in [6.07, 6.45) is 0. The summed E-state index contributed by atoms with van der Waals surface area (Å²) >= 11 is 3.99. The molecule has 1 aromatic carbocycles. The van der Waals surface area contributed by atoms with Gasteiger partial charge in [-0.05, 0) is 24.6 Å². The summed E-state index contributed by atoms with van der Waals surface area (Å²) in [6, 6.07) is 8.61. The molecule has 2 heterocycles. The number of rotatable bonds is 2. The molecular formula is C15H21ClN2OS2. The maximum atomic E-state index is 12.5. The van der Waals surface area contributed by atoms with Gasteiger partial charge in [-0.3, -0.25) is 4.79 Å². The lowest BCUT2D eigenvalue weighted by atomic mass is 10.1. The molecule has 21 heavy (non-hydrogen) atoms. The van der Waals surface area contributed by atoms with Crippen molar-refractivity contribution in [2.75, 3.05) is 31.1 Å². The summed E-state index contributed by atoms with van der Waals surface area (Å²) in [4.78, 5) is 14.4. The molecule has 2 saturated heterocycles. The molecule has 2 aliphatic rings. The lowest BCUT2D eigenvalue weighted by Gasteiger charge is -2.32. The van der Waals surface area contributed by atoms with Crippen LogP contribution in [0.4, 0.5) is 0 Å². The largest absolute Gasteiger partial charge is 0.336 e. The SMILES string of the molecule is CC1CN(C(=O)c2ccc(C3SCCS3)cc2)CCN1.Cl. The minimum Gasteiger partial charge on any atom is -0.336 e. The zero-order valence-electron chi connectivity index (χ0n) is 12.1. The van der Waals surface area contributed by atoms with Gasteiger partial charge in [-0.25, -0.2) is 0 Å². The van der Waals surface area contributed by atoms with Crippen LogP contribution in [0.1, 0.15) is 27.4 Å². The third kappa shape index (κ3) is 4.09. The lowest BCUT2D eigenvalue weighted by molar-refractivity contribution is 0.0709. The van der Waals surface area contributed by atoms with Crippen molar-refractivity contribution < 1.29 is 4.79 Å². The van der Waals surface area contributed by atoms with Gasteiger partial charge in [0.1, 0.15) is 0 Å². The highest BCUT2D eigenvalue weighted by Crippen LogP contribution is 2.45. The first-order chi connectivity index (χ1) is 9.74. The molecule has 6 heteroatoms. The van der Waals surface area contributed by atoms with E-state index in [1.807, 2.05) is 40.6 Å². The normalized spacial score (nSPS) is 22.9. The van der Waals surface area contributed by atoms with E-state index in [9.17, 15) is 4.79 Å². The van der Waals surface area contributed by atoms with Crippen LogP contribution in [-0.4, -0.2) is 48.0 Å². The number of nitrogens with zero attached hydrogens (tertiary/aromatic N) is 1. The molecule has 1 N–H and O–H groups in total. The van der Waals surface area contributed by atoms with Crippen molar-refractivity contribution in [2.45, 2.75) is 17.5 Å². The molecule has 1 amide bonds. The van der Waals surface area contributed by atoms with E-state index < -0.39 is 0 Å². The minimum absolute atomic E-state index is 0. The van der Waals surface area contributed by atoms with Gasteiger partial charge in [-0.1, -0.05) is 12.1 Å². The number of nitrogens with one attached hydrogen (secondary N) is 1. The highest BCUT2D eigenvalue weighted by atomic mass is 35.5. The second kappa shape index (κ2) is 7.77. The third-order valence-corrected chi connectivity index (χ3v) is 6.81. The average Bonchev–Trinajstić information content (AvgIpc) is 3.01. The Morgan fingerprint density at radius 3 is 2.52 bits per heavy atom. The van der Waals surface area contributed by atoms with E-state index in [1.54, 1.807) is 0 Å². The molecule has 0 aliphatic carbocycles. The molecule has 2 aliphatic heterocycles. The summed E-state index contributed by atoms with van der Waals surface area (Å²) in [5.41, 5.74) is 2.15. The Bertz CT molecular complexity index is 477. The molecule has 0 spiro atoms. The highest BCUT2D eigenvalue weighted by molar-refractivity contribution is 8.19. The first-order valence-electron chi connectivity index (χ1n) is 7.10.